The smallest absolute Gasteiger partial charge is 0.274 e. The highest BCUT2D eigenvalue weighted by atomic mass is 35.5. The van der Waals surface area contributed by atoms with Gasteiger partial charge in [-0.15, -0.1) is 0 Å². The van der Waals surface area contributed by atoms with Crippen LogP contribution >= 0.6 is 22.9 Å². The lowest BCUT2D eigenvalue weighted by Gasteiger charge is -2.33. The molecule has 0 spiro atoms. The minimum Gasteiger partial charge on any atom is -0.497 e. The fraction of sp³-hybridized carbons (Fsp3) is 0.375. The summed E-state index contributed by atoms with van der Waals surface area (Å²) in [7, 11) is 1.64. The van der Waals surface area contributed by atoms with Crippen LogP contribution in [0.15, 0.2) is 42.5 Å². The zero-order valence-electron chi connectivity index (χ0n) is 18.2. The van der Waals surface area contributed by atoms with Crippen molar-refractivity contribution in [2.75, 3.05) is 31.6 Å². The predicted octanol–water partition coefficient (Wildman–Crippen LogP) is 4.38. The van der Waals surface area contributed by atoms with Crippen LogP contribution in [0.5, 0.6) is 10.9 Å². The fourth-order valence-electron chi connectivity index (χ4n) is 4.40. The van der Waals surface area contributed by atoms with E-state index in [2.05, 4.69) is 4.98 Å². The second-order valence-electron chi connectivity index (χ2n) is 8.34. The van der Waals surface area contributed by atoms with Gasteiger partial charge in [0.1, 0.15) is 11.9 Å². The second kappa shape index (κ2) is 9.19. The molecule has 0 saturated carbocycles. The Bertz CT molecular complexity index is 1170. The number of aromatic nitrogens is 1. The summed E-state index contributed by atoms with van der Waals surface area (Å²) in [6, 6.07) is 12.9. The molecule has 33 heavy (non-hydrogen) atoms. The van der Waals surface area contributed by atoms with Crippen LogP contribution in [0.4, 0.5) is 5.69 Å². The normalized spacial score (nSPS) is 19.3. The largest absolute Gasteiger partial charge is 0.497 e. The summed E-state index contributed by atoms with van der Waals surface area (Å²) in [5.41, 5.74) is 1.67. The Hall–Kier alpha value is -2.84. The van der Waals surface area contributed by atoms with Crippen LogP contribution < -0.4 is 14.4 Å². The number of fused-ring (bicyclic) bond motifs is 1. The van der Waals surface area contributed by atoms with Crippen molar-refractivity contribution in [3.8, 4) is 10.9 Å². The Morgan fingerprint density at radius 1 is 1.15 bits per heavy atom. The highest BCUT2D eigenvalue weighted by molar-refractivity contribution is 7.20. The summed E-state index contributed by atoms with van der Waals surface area (Å²) in [6.45, 7) is 1.65. The highest BCUT2D eigenvalue weighted by Gasteiger charge is 2.38. The first-order chi connectivity index (χ1) is 16.0. The van der Waals surface area contributed by atoms with E-state index in [1.165, 1.54) is 11.3 Å². The predicted molar refractivity (Wildman–Crippen MR) is 128 cm³/mol. The monoisotopic (exact) mass is 485 g/mol. The van der Waals surface area contributed by atoms with E-state index in [-0.39, 0.29) is 30.3 Å². The summed E-state index contributed by atoms with van der Waals surface area (Å²) < 4.78 is 12.4. The minimum atomic E-state index is -0.315. The number of nitrogens with zero attached hydrogens (tertiary/aromatic N) is 3. The Morgan fingerprint density at radius 3 is 2.64 bits per heavy atom. The number of piperidine rings is 1. The van der Waals surface area contributed by atoms with E-state index in [0.29, 0.717) is 29.9 Å². The zero-order chi connectivity index (χ0) is 22.9. The van der Waals surface area contributed by atoms with E-state index in [1.54, 1.807) is 24.1 Å². The van der Waals surface area contributed by atoms with Crippen molar-refractivity contribution in [2.24, 2.45) is 5.92 Å². The lowest BCUT2D eigenvalue weighted by atomic mass is 10.0. The molecule has 3 heterocycles. The van der Waals surface area contributed by atoms with E-state index in [4.69, 9.17) is 21.1 Å². The molecule has 172 valence electrons. The Morgan fingerprint density at radius 2 is 1.91 bits per heavy atom. The molecule has 1 aromatic heterocycles. The first kappa shape index (κ1) is 22.0. The standard InChI is InChI=1S/C24H24ClN3O4S/c1-31-19-6-7-20-21(13-19)33-24(26-20)32-18-8-10-27(11-9-18)23(30)15-12-22(29)28(14-15)17-4-2-16(25)3-5-17/h2-7,13,15,18H,8-12,14H2,1H3. The molecular weight excluding hydrogens is 462 g/mol. The number of likely N-dealkylation sites (tertiary alicyclic amines) is 1. The maximum absolute atomic E-state index is 13.1. The number of amides is 2. The van der Waals surface area contributed by atoms with Crippen LogP contribution in [0.25, 0.3) is 10.2 Å². The molecule has 2 saturated heterocycles. The number of methoxy groups -OCH3 is 1. The van der Waals surface area contributed by atoms with Gasteiger partial charge in [-0.3, -0.25) is 9.59 Å². The fourth-order valence-corrected chi connectivity index (χ4v) is 5.44. The quantitative estimate of drug-likeness (QED) is 0.536. The molecule has 0 bridgehead atoms. The van der Waals surface area contributed by atoms with Gasteiger partial charge in [-0.05, 0) is 42.5 Å². The number of ether oxygens (including phenoxy) is 2. The van der Waals surface area contributed by atoms with E-state index in [1.807, 2.05) is 35.2 Å². The zero-order valence-corrected chi connectivity index (χ0v) is 19.8. The first-order valence-electron chi connectivity index (χ1n) is 11.0. The Labute approximate surface area is 200 Å². The molecule has 2 aliphatic heterocycles. The molecule has 2 fully saturated rings. The van der Waals surface area contributed by atoms with Crippen molar-refractivity contribution < 1.29 is 19.1 Å². The number of carbonyl (C=O) groups is 2. The lowest BCUT2D eigenvalue weighted by Crippen LogP contribution is -2.44. The number of benzene rings is 2. The van der Waals surface area contributed by atoms with Crippen molar-refractivity contribution in [1.82, 2.24) is 9.88 Å². The number of thiazole rings is 1. The van der Waals surface area contributed by atoms with Crippen LogP contribution in [0.3, 0.4) is 0 Å². The number of hydrogen-bond donors (Lipinski definition) is 0. The van der Waals surface area contributed by atoms with E-state index >= 15 is 0 Å². The maximum atomic E-state index is 13.1. The average Bonchev–Trinajstić information content (AvgIpc) is 3.41. The first-order valence-corrected chi connectivity index (χ1v) is 12.2. The van der Waals surface area contributed by atoms with Gasteiger partial charge in [0.15, 0.2) is 0 Å². The van der Waals surface area contributed by atoms with Crippen LogP contribution in [-0.2, 0) is 9.59 Å². The number of anilines is 1. The van der Waals surface area contributed by atoms with Gasteiger partial charge in [0.2, 0.25) is 11.8 Å². The Kier molecular flexibility index (Phi) is 6.12. The van der Waals surface area contributed by atoms with Crippen molar-refractivity contribution in [1.29, 1.82) is 0 Å². The summed E-state index contributed by atoms with van der Waals surface area (Å²) >= 11 is 7.45. The van der Waals surface area contributed by atoms with E-state index in [0.717, 1.165) is 34.5 Å². The van der Waals surface area contributed by atoms with Gasteiger partial charge in [0.05, 0.1) is 23.2 Å². The molecule has 0 aliphatic carbocycles. The van der Waals surface area contributed by atoms with E-state index < -0.39 is 0 Å². The third-order valence-corrected chi connectivity index (χ3v) is 7.37. The topological polar surface area (TPSA) is 72.0 Å². The van der Waals surface area contributed by atoms with Gasteiger partial charge in [-0.2, -0.15) is 0 Å². The van der Waals surface area contributed by atoms with Gasteiger partial charge in [-0.25, -0.2) is 4.98 Å². The molecular formula is C24H24ClN3O4S. The molecule has 1 unspecified atom stereocenters. The number of rotatable bonds is 5. The van der Waals surface area contributed by atoms with Crippen molar-refractivity contribution in [3.63, 3.8) is 0 Å². The lowest BCUT2D eigenvalue weighted by molar-refractivity contribution is -0.137. The summed E-state index contributed by atoms with van der Waals surface area (Å²) in [6.07, 6.45) is 1.75. The maximum Gasteiger partial charge on any atom is 0.274 e. The van der Waals surface area contributed by atoms with Crippen molar-refractivity contribution in [2.45, 2.75) is 25.4 Å². The van der Waals surface area contributed by atoms with E-state index in [9.17, 15) is 9.59 Å². The molecule has 0 N–H and O–H groups in total. The molecule has 1 atom stereocenters. The number of carbonyl (C=O) groups excluding carboxylic acids is 2. The Balaban J connectivity index is 1.16. The van der Waals surface area contributed by atoms with Crippen molar-refractivity contribution >= 4 is 50.7 Å². The molecule has 2 aliphatic rings. The summed E-state index contributed by atoms with van der Waals surface area (Å²) in [4.78, 5) is 33.7. The summed E-state index contributed by atoms with van der Waals surface area (Å²) in [5, 5.41) is 1.26. The third-order valence-electron chi connectivity index (χ3n) is 6.21. The number of hydrogen-bond acceptors (Lipinski definition) is 6. The second-order valence-corrected chi connectivity index (χ2v) is 9.77. The van der Waals surface area contributed by atoms with Gasteiger partial charge in [-0.1, -0.05) is 22.9 Å². The minimum absolute atomic E-state index is 0.0206. The van der Waals surface area contributed by atoms with Gasteiger partial charge < -0.3 is 19.3 Å². The molecule has 0 radical (unpaired) electrons. The average molecular weight is 486 g/mol. The van der Waals surface area contributed by atoms with Crippen molar-refractivity contribution in [3.05, 3.63) is 47.5 Å². The molecule has 2 amide bonds. The molecule has 3 aromatic rings. The third kappa shape index (κ3) is 4.63. The molecule has 5 rings (SSSR count). The van der Waals surface area contributed by atoms with Gasteiger partial charge >= 0.3 is 0 Å². The molecule has 2 aromatic carbocycles. The SMILES string of the molecule is COc1ccc2nc(OC3CCN(C(=O)C4CC(=O)N(c5ccc(Cl)cc5)C4)CC3)sc2c1. The van der Waals surface area contributed by atoms with Crippen LogP contribution in [0, 0.1) is 5.92 Å². The van der Waals surface area contributed by atoms with Crippen LogP contribution in [0.1, 0.15) is 19.3 Å². The van der Waals surface area contributed by atoms with Crippen LogP contribution in [-0.4, -0.2) is 54.5 Å². The highest BCUT2D eigenvalue weighted by Crippen LogP contribution is 2.33. The molecule has 9 heteroatoms. The molecule has 7 nitrogen and oxygen atoms in total. The number of halogens is 1. The van der Waals surface area contributed by atoms with Gasteiger partial charge in [0.25, 0.3) is 5.19 Å². The van der Waals surface area contributed by atoms with Gasteiger partial charge in [0, 0.05) is 49.6 Å². The van der Waals surface area contributed by atoms with Crippen LogP contribution in [0.2, 0.25) is 5.02 Å². The summed E-state index contributed by atoms with van der Waals surface area (Å²) in [5.74, 6) is 0.501.